The van der Waals surface area contributed by atoms with E-state index in [2.05, 4.69) is 20.1 Å². The lowest BCUT2D eigenvalue weighted by molar-refractivity contribution is 0.250. The summed E-state index contributed by atoms with van der Waals surface area (Å²) in [4.78, 5) is 6.55. The SMILES string of the molecule is CCOc1nc2ccc(OCCC3CCN(c4cc(C)c(Cl)nn4)CC3)cc2o1. The third-order valence-electron chi connectivity index (χ3n) is 5.25. The molecule has 7 nitrogen and oxygen atoms in total. The van der Waals surface area contributed by atoms with E-state index in [1.807, 2.05) is 38.1 Å². The summed E-state index contributed by atoms with van der Waals surface area (Å²) in [6.07, 6.45) is 3.56. The lowest BCUT2D eigenvalue weighted by atomic mass is 9.94. The Kier molecular flexibility index (Phi) is 6.04. The summed E-state index contributed by atoms with van der Waals surface area (Å²) in [6, 6.07) is 7.69. The molecule has 1 aromatic carbocycles. The molecule has 0 atom stereocenters. The van der Waals surface area contributed by atoms with Crippen molar-refractivity contribution in [3.05, 3.63) is 35.0 Å². The van der Waals surface area contributed by atoms with Gasteiger partial charge in [0.1, 0.15) is 11.3 Å². The van der Waals surface area contributed by atoms with Crippen LogP contribution >= 0.6 is 11.6 Å². The summed E-state index contributed by atoms with van der Waals surface area (Å²) in [5.74, 6) is 2.35. The highest BCUT2D eigenvalue weighted by molar-refractivity contribution is 6.30. The fraction of sp³-hybridized carbons (Fsp3) is 0.476. The maximum absolute atomic E-state index is 5.98. The highest BCUT2D eigenvalue weighted by Gasteiger charge is 2.21. The summed E-state index contributed by atoms with van der Waals surface area (Å²) in [5, 5.41) is 8.72. The van der Waals surface area contributed by atoms with Crippen LogP contribution in [-0.2, 0) is 0 Å². The molecule has 0 saturated carbocycles. The first-order valence-corrected chi connectivity index (χ1v) is 10.4. The molecular weight excluding hydrogens is 392 g/mol. The molecule has 154 valence electrons. The monoisotopic (exact) mass is 416 g/mol. The highest BCUT2D eigenvalue weighted by Crippen LogP contribution is 2.27. The van der Waals surface area contributed by atoms with Gasteiger partial charge in [-0.05, 0) is 62.8 Å². The van der Waals surface area contributed by atoms with Crippen molar-refractivity contribution in [2.24, 2.45) is 5.92 Å². The van der Waals surface area contributed by atoms with Gasteiger partial charge in [-0.15, -0.1) is 10.2 Å². The number of piperidine rings is 1. The number of aryl methyl sites for hydroxylation is 1. The number of halogens is 1. The van der Waals surface area contributed by atoms with Crippen molar-refractivity contribution in [2.45, 2.75) is 33.1 Å². The number of oxazole rings is 1. The minimum atomic E-state index is 0.298. The summed E-state index contributed by atoms with van der Waals surface area (Å²) in [6.45, 7) is 7.02. The number of hydrogen-bond donors (Lipinski definition) is 0. The van der Waals surface area contributed by atoms with Gasteiger partial charge < -0.3 is 18.8 Å². The van der Waals surface area contributed by atoms with Crippen molar-refractivity contribution >= 4 is 28.5 Å². The number of hydrogen-bond acceptors (Lipinski definition) is 7. The van der Waals surface area contributed by atoms with Gasteiger partial charge in [-0.3, -0.25) is 0 Å². The quantitative estimate of drug-likeness (QED) is 0.554. The van der Waals surface area contributed by atoms with Crippen molar-refractivity contribution in [2.75, 3.05) is 31.2 Å². The van der Waals surface area contributed by atoms with Gasteiger partial charge in [0.25, 0.3) is 0 Å². The van der Waals surface area contributed by atoms with E-state index in [1.54, 1.807) is 0 Å². The van der Waals surface area contributed by atoms with E-state index in [9.17, 15) is 0 Å². The first-order chi connectivity index (χ1) is 14.1. The smallest absolute Gasteiger partial charge is 0.394 e. The van der Waals surface area contributed by atoms with E-state index < -0.39 is 0 Å². The van der Waals surface area contributed by atoms with Crippen LogP contribution in [-0.4, -0.2) is 41.5 Å². The molecule has 4 rings (SSSR count). The summed E-state index contributed by atoms with van der Waals surface area (Å²) >= 11 is 5.98. The molecule has 0 N–H and O–H groups in total. The first kappa shape index (κ1) is 19.8. The Morgan fingerprint density at radius 3 is 2.76 bits per heavy atom. The van der Waals surface area contributed by atoms with E-state index in [0.29, 0.717) is 35.9 Å². The lowest BCUT2D eigenvalue weighted by Gasteiger charge is -2.32. The molecule has 0 amide bonds. The molecular formula is C21H25ClN4O3. The van der Waals surface area contributed by atoms with Crippen LogP contribution in [0.25, 0.3) is 11.1 Å². The van der Waals surface area contributed by atoms with Gasteiger partial charge in [-0.25, -0.2) is 0 Å². The van der Waals surface area contributed by atoms with Gasteiger partial charge >= 0.3 is 6.08 Å². The van der Waals surface area contributed by atoms with Gasteiger partial charge in [0, 0.05) is 19.2 Å². The zero-order valence-corrected chi connectivity index (χ0v) is 17.5. The van der Waals surface area contributed by atoms with Crippen LogP contribution in [0.5, 0.6) is 11.8 Å². The maximum atomic E-state index is 5.98. The third kappa shape index (κ3) is 4.72. The molecule has 1 fully saturated rings. The molecule has 2 aromatic heterocycles. The average Bonchev–Trinajstić information content (AvgIpc) is 3.13. The van der Waals surface area contributed by atoms with Crippen LogP contribution in [0.3, 0.4) is 0 Å². The second-order valence-electron chi connectivity index (χ2n) is 7.29. The normalized spacial score (nSPS) is 15.1. The van der Waals surface area contributed by atoms with Gasteiger partial charge in [0.15, 0.2) is 16.6 Å². The molecule has 0 aliphatic carbocycles. The molecule has 3 aromatic rings. The number of rotatable bonds is 7. The van der Waals surface area contributed by atoms with Crippen LogP contribution in [0.2, 0.25) is 5.15 Å². The Balaban J connectivity index is 1.25. The number of anilines is 1. The molecule has 1 aliphatic rings. The van der Waals surface area contributed by atoms with Gasteiger partial charge in [-0.2, -0.15) is 4.98 Å². The highest BCUT2D eigenvalue weighted by atomic mass is 35.5. The number of fused-ring (bicyclic) bond motifs is 1. The van der Waals surface area contributed by atoms with Gasteiger partial charge in [-0.1, -0.05) is 11.6 Å². The standard InChI is InChI=1S/C21H25ClN4O3/c1-3-27-21-23-17-5-4-16(13-18(17)29-21)28-11-8-15-6-9-26(10-7-15)19-12-14(2)20(22)25-24-19/h4-5,12-13,15H,3,6-11H2,1-2H3. The second-order valence-corrected chi connectivity index (χ2v) is 7.64. The summed E-state index contributed by atoms with van der Waals surface area (Å²) in [7, 11) is 0. The molecule has 0 unspecified atom stereocenters. The maximum Gasteiger partial charge on any atom is 0.394 e. The van der Waals surface area contributed by atoms with Crippen molar-refractivity contribution < 1.29 is 13.9 Å². The average molecular weight is 417 g/mol. The Labute approximate surface area is 175 Å². The molecule has 8 heteroatoms. The zero-order valence-electron chi connectivity index (χ0n) is 16.7. The Bertz CT molecular complexity index is 970. The first-order valence-electron chi connectivity index (χ1n) is 10.0. The van der Waals surface area contributed by atoms with E-state index >= 15 is 0 Å². The number of aromatic nitrogens is 3. The van der Waals surface area contributed by atoms with Crippen LogP contribution in [0, 0.1) is 12.8 Å². The number of benzene rings is 1. The van der Waals surface area contributed by atoms with E-state index in [4.69, 9.17) is 25.5 Å². The summed E-state index contributed by atoms with van der Waals surface area (Å²) in [5.41, 5.74) is 2.41. The molecule has 0 bridgehead atoms. The summed E-state index contributed by atoms with van der Waals surface area (Å²) < 4.78 is 16.8. The minimum Gasteiger partial charge on any atom is -0.493 e. The van der Waals surface area contributed by atoms with Crippen molar-refractivity contribution in [1.82, 2.24) is 15.2 Å². The number of ether oxygens (including phenoxy) is 2. The zero-order chi connectivity index (χ0) is 20.2. The van der Waals surface area contributed by atoms with Crippen LogP contribution in [0.1, 0.15) is 31.7 Å². The topological polar surface area (TPSA) is 73.5 Å². The van der Waals surface area contributed by atoms with Crippen molar-refractivity contribution in [3.63, 3.8) is 0 Å². The van der Waals surface area contributed by atoms with E-state index in [-0.39, 0.29) is 0 Å². The predicted octanol–water partition coefficient (Wildman–Crippen LogP) is 4.66. The third-order valence-corrected chi connectivity index (χ3v) is 5.63. The van der Waals surface area contributed by atoms with Crippen LogP contribution < -0.4 is 14.4 Å². The molecule has 1 aliphatic heterocycles. The van der Waals surface area contributed by atoms with Gasteiger partial charge in [0.05, 0.1) is 13.2 Å². The fourth-order valence-corrected chi connectivity index (χ4v) is 3.66. The van der Waals surface area contributed by atoms with Crippen molar-refractivity contribution in [1.29, 1.82) is 0 Å². The molecule has 0 radical (unpaired) electrons. The molecule has 1 saturated heterocycles. The minimum absolute atomic E-state index is 0.298. The van der Waals surface area contributed by atoms with Crippen LogP contribution in [0.4, 0.5) is 5.82 Å². The van der Waals surface area contributed by atoms with E-state index in [1.165, 1.54) is 0 Å². The molecule has 29 heavy (non-hydrogen) atoms. The number of nitrogens with zero attached hydrogens (tertiary/aromatic N) is 4. The molecule has 3 heterocycles. The lowest BCUT2D eigenvalue weighted by Crippen LogP contribution is -2.34. The van der Waals surface area contributed by atoms with Crippen LogP contribution in [0.15, 0.2) is 28.7 Å². The molecule has 0 spiro atoms. The van der Waals surface area contributed by atoms with Crippen molar-refractivity contribution in [3.8, 4) is 11.8 Å². The Morgan fingerprint density at radius 2 is 2.00 bits per heavy atom. The second kappa shape index (κ2) is 8.86. The fourth-order valence-electron chi connectivity index (χ4n) is 3.56. The van der Waals surface area contributed by atoms with E-state index in [0.717, 1.165) is 55.0 Å². The largest absolute Gasteiger partial charge is 0.493 e. The predicted molar refractivity (Wildman–Crippen MR) is 112 cm³/mol. The van der Waals surface area contributed by atoms with Gasteiger partial charge in [0.2, 0.25) is 0 Å². The Morgan fingerprint density at radius 1 is 1.17 bits per heavy atom. The Hall–Kier alpha value is -2.54.